The molecule has 0 spiro atoms. The van der Waals surface area contributed by atoms with Gasteiger partial charge in [-0.3, -0.25) is 4.79 Å². The molecule has 1 aromatic rings. The summed E-state index contributed by atoms with van der Waals surface area (Å²) in [5.41, 5.74) is 1.41. The van der Waals surface area contributed by atoms with E-state index in [1.165, 1.54) is 12.2 Å². The van der Waals surface area contributed by atoms with E-state index in [2.05, 4.69) is 5.32 Å². The van der Waals surface area contributed by atoms with E-state index < -0.39 is 5.97 Å². The maximum absolute atomic E-state index is 11.5. The number of rotatable bonds is 5. The van der Waals surface area contributed by atoms with Gasteiger partial charge in [0.25, 0.3) is 0 Å². The average molecular weight is 257 g/mol. The van der Waals surface area contributed by atoms with Crippen molar-refractivity contribution in [3.8, 4) is 0 Å². The number of hydrogen-bond acceptors (Lipinski definition) is 2. The van der Waals surface area contributed by atoms with E-state index in [0.29, 0.717) is 5.69 Å². The number of allylic oxidation sites excluding steroid dienone is 3. The molecule has 0 fully saturated rings. The van der Waals surface area contributed by atoms with Crippen LogP contribution in [0.2, 0.25) is 0 Å². The molecule has 2 N–H and O–H groups in total. The number of carbonyl (C=O) groups excluding carboxylic acids is 1. The Morgan fingerprint density at radius 1 is 1.11 bits per heavy atom. The first-order valence-corrected chi connectivity index (χ1v) is 5.73. The quantitative estimate of drug-likeness (QED) is 0.629. The summed E-state index contributed by atoms with van der Waals surface area (Å²) in [6.07, 6.45) is 9.22. The molecule has 0 aliphatic heterocycles. The van der Waals surface area contributed by atoms with E-state index in [0.717, 1.165) is 11.6 Å². The second-order valence-electron chi connectivity index (χ2n) is 3.67. The second-order valence-corrected chi connectivity index (χ2v) is 3.67. The van der Waals surface area contributed by atoms with Gasteiger partial charge in [0.05, 0.1) is 0 Å². The molecular formula is C15H15NO3. The molecule has 0 aliphatic rings. The normalized spacial score (nSPS) is 11.4. The van der Waals surface area contributed by atoms with Gasteiger partial charge >= 0.3 is 5.97 Å². The molecule has 0 saturated carbocycles. The van der Waals surface area contributed by atoms with Gasteiger partial charge < -0.3 is 10.4 Å². The van der Waals surface area contributed by atoms with Crippen LogP contribution < -0.4 is 5.32 Å². The number of hydrogen-bond donors (Lipinski definition) is 2. The van der Waals surface area contributed by atoms with Crippen LogP contribution in [0, 0.1) is 0 Å². The number of carboxylic acids is 1. The minimum absolute atomic E-state index is 0.216. The van der Waals surface area contributed by atoms with E-state index in [9.17, 15) is 9.59 Å². The molecule has 98 valence electrons. The molecular weight excluding hydrogens is 242 g/mol. The molecule has 1 amide bonds. The van der Waals surface area contributed by atoms with Crippen molar-refractivity contribution in [2.75, 3.05) is 5.32 Å². The van der Waals surface area contributed by atoms with Gasteiger partial charge in [0.1, 0.15) is 0 Å². The number of benzene rings is 1. The first kappa shape index (κ1) is 14.4. The topological polar surface area (TPSA) is 66.4 Å². The van der Waals surface area contributed by atoms with Crippen LogP contribution in [0.1, 0.15) is 12.5 Å². The van der Waals surface area contributed by atoms with Crippen molar-refractivity contribution in [2.45, 2.75) is 6.92 Å². The van der Waals surface area contributed by atoms with Crippen molar-refractivity contribution >= 4 is 23.6 Å². The van der Waals surface area contributed by atoms with E-state index in [1.807, 2.05) is 13.0 Å². The summed E-state index contributed by atoms with van der Waals surface area (Å²) in [7, 11) is 0. The van der Waals surface area contributed by atoms with Crippen molar-refractivity contribution in [1.82, 2.24) is 0 Å². The summed E-state index contributed by atoms with van der Waals surface area (Å²) in [6, 6.07) is 6.88. The summed E-state index contributed by atoms with van der Waals surface area (Å²) in [6.45, 7) is 1.87. The zero-order valence-corrected chi connectivity index (χ0v) is 10.5. The SMILES string of the molecule is CC=CC=CC(=O)Nc1ccc(/C=C/C(=O)O)cc1. The highest BCUT2D eigenvalue weighted by Gasteiger charge is 1.97. The van der Waals surface area contributed by atoms with Gasteiger partial charge in [-0.25, -0.2) is 4.79 Å². The van der Waals surface area contributed by atoms with Crippen LogP contribution in [0.5, 0.6) is 0 Å². The number of aliphatic carboxylic acids is 1. The molecule has 1 aromatic carbocycles. The summed E-state index contributed by atoms with van der Waals surface area (Å²) >= 11 is 0. The average Bonchev–Trinajstić information content (AvgIpc) is 2.38. The second kappa shape index (κ2) is 7.66. The van der Waals surface area contributed by atoms with Crippen LogP contribution in [-0.4, -0.2) is 17.0 Å². The Hall–Kier alpha value is -2.62. The Bertz CT molecular complexity index is 525. The fourth-order valence-electron chi connectivity index (χ4n) is 1.28. The summed E-state index contributed by atoms with van der Waals surface area (Å²) < 4.78 is 0. The molecule has 4 heteroatoms. The first-order valence-electron chi connectivity index (χ1n) is 5.73. The molecule has 0 saturated heterocycles. The van der Waals surface area contributed by atoms with Gasteiger partial charge in [-0.2, -0.15) is 0 Å². The molecule has 0 atom stereocenters. The molecule has 0 heterocycles. The maximum Gasteiger partial charge on any atom is 0.328 e. The van der Waals surface area contributed by atoms with Crippen molar-refractivity contribution in [3.63, 3.8) is 0 Å². The third-order valence-corrected chi connectivity index (χ3v) is 2.15. The van der Waals surface area contributed by atoms with Gasteiger partial charge in [0.15, 0.2) is 0 Å². The van der Waals surface area contributed by atoms with Crippen LogP contribution in [0.25, 0.3) is 6.08 Å². The summed E-state index contributed by atoms with van der Waals surface area (Å²) in [5, 5.41) is 11.2. The van der Waals surface area contributed by atoms with Crippen molar-refractivity contribution < 1.29 is 14.7 Å². The van der Waals surface area contributed by atoms with Crippen LogP contribution in [-0.2, 0) is 9.59 Å². The molecule has 0 aromatic heterocycles. The number of anilines is 1. The predicted molar refractivity (Wildman–Crippen MR) is 75.7 cm³/mol. The van der Waals surface area contributed by atoms with E-state index in [1.54, 1.807) is 36.4 Å². The molecule has 4 nitrogen and oxygen atoms in total. The number of nitrogens with one attached hydrogen (secondary N) is 1. The molecule has 19 heavy (non-hydrogen) atoms. The zero-order valence-electron chi connectivity index (χ0n) is 10.5. The number of carbonyl (C=O) groups is 2. The van der Waals surface area contributed by atoms with Crippen LogP contribution in [0.4, 0.5) is 5.69 Å². The lowest BCUT2D eigenvalue weighted by Gasteiger charge is -2.02. The highest BCUT2D eigenvalue weighted by atomic mass is 16.4. The lowest BCUT2D eigenvalue weighted by molar-refractivity contribution is -0.131. The number of amides is 1. The highest BCUT2D eigenvalue weighted by molar-refractivity contribution is 5.99. The lowest BCUT2D eigenvalue weighted by atomic mass is 10.2. The largest absolute Gasteiger partial charge is 0.478 e. The monoisotopic (exact) mass is 257 g/mol. The van der Waals surface area contributed by atoms with Gasteiger partial charge in [-0.15, -0.1) is 0 Å². The van der Waals surface area contributed by atoms with Crippen molar-refractivity contribution in [1.29, 1.82) is 0 Å². The van der Waals surface area contributed by atoms with Crippen molar-refractivity contribution in [3.05, 3.63) is 60.2 Å². The third kappa shape index (κ3) is 6.02. The highest BCUT2D eigenvalue weighted by Crippen LogP contribution is 2.10. The Balaban J connectivity index is 2.62. The van der Waals surface area contributed by atoms with Gasteiger partial charge in [-0.1, -0.05) is 30.4 Å². The predicted octanol–water partition coefficient (Wildman–Crippen LogP) is 2.86. The smallest absolute Gasteiger partial charge is 0.328 e. The Labute approximate surface area is 111 Å². The Kier molecular flexibility index (Phi) is 5.82. The van der Waals surface area contributed by atoms with Gasteiger partial charge in [0.2, 0.25) is 5.91 Å². The Morgan fingerprint density at radius 2 is 1.79 bits per heavy atom. The fraction of sp³-hybridized carbons (Fsp3) is 0.0667. The minimum atomic E-state index is -0.994. The first-order chi connectivity index (χ1) is 9.11. The van der Waals surface area contributed by atoms with Gasteiger partial charge in [-0.05, 0) is 30.7 Å². The minimum Gasteiger partial charge on any atom is -0.478 e. The molecule has 0 unspecified atom stereocenters. The van der Waals surface area contributed by atoms with E-state index >= 15 is 0 Å². The van der Waals surface area contributed by atoms with Crippen molar-refractivity contribution in [2.24, 2.45) is 0 Å². The molecule has 0 bridgehead atoms. The Morgan fingerprint density at radius 3 is 2.37 bits per heavy atom. The zero-order chi connectivity index (χ0) is 14.1. The van der Waals surface area contributed by atoms with Crippen LogP contribution >= 0.6 is 0 Å². The standard InChI is InChI=1S/C15H15NO3/c1-2-3-4-5-14(17)16-13-9-6-12(7-10-13)8-11-15(18)19/h2-11H,1H3,(H,16,17)(H,18,19)/b3-2?,5-4?,11-8+. The number of carboxylic acid groups (broad SMARTS) is 1. The maximum atomic E-state index is 11.5. The summed E-state index contributed by atoms with van der Waals surface area (Å²) in [5.74, 6) is -1.21. The van der Waals surface area contributed by atoms with E-state index in [4.69, 9.17) is 5.11 Å². The third-order valence-electron chi connectivity index (χ3n) is 2.15. The lowest BCUT2D eigenvalue weighted by Crippen LogP contribution is -2.07. The molecule has 0 radical (unpaired) electrons. The fourth-order valence-corrected chi connectivity index (χ4v) is 1.28. The molecule has 1 rings (SSSR count). The summed E-state index contributed by atoms with van der Waals surface area (Å²) in [4.78, 5) is 21.8. The van der Waals surface area contributed by atoms with Gasteiger partial charge in [0, 0.05) is 17.8 Å². The molecule has 0 aliphatic carbocycles. The van der Waals surface area contributed by atoms with E-state index in [-0.39, 0.29) is 5.91 Å². The van der Waals surface area contributed by atoms with Crippen LogP contribution in [0.15, 0.2) is 54.6 Å². The van der Waals surface area contributed by atoms with Crippen LogP contribution in [0.3, 0.4) is 0 Å².